The second-order valence-corrected chi connectivity index (χ2v) is 13.0. The molecule has 1 aromatic heterocycles. The lowest BCUT2D eigenvalue weighted by Gasteiger charge is -2.30. The third-order valence-electron chi connectivity index (χ3n) is 7.09. The summed E-state index contributed by atoms with van der Waals surface area (Å²) >= 11 is 0. The van der Waals surface area contributed by atoms with Crippen LogP contribution in [0.4, 0.5) is 0 Å². The Morgan fingerprint density at radius 2 is 0.789 bits per heavy atom. The fourth-order valence-electron chi connectivity index (χ4n) is 5.41. The monoisotopic (exact) mass is 510 g/mol. The molecular formula is C35H31N2P. The lowest BCUT2D eigenvalue weighted by molar-refractivity contribution is 0.949. The molecular weight excluding hydrogens is 479 g/mol. The highest BCUT2D eigenvalue weighted by Crippen LogP contribution is 2.48. The van der Waals surface area contributed by atoms with Gasteiger partial charge in [0.15, 0.2) is 0 Å². The number of imidazole rings is 1. The SMILES string of the molecule is Cc1cccc(-n2ccn(-c3cccc(C)c3)c2=P(c2ccccc2)(c2ccccc2)c2ccccc2)c1. The summed E-state index contributed by atoms with van der Waals surface area (Å²) in [5.41, 5.74) is 4.82. The molecule has 0 N–H and O–H groups in total. The Hall–Kier alpha value is -4.26. The fourth-order valence-corrected chi connectivity index (χ4v) is 9.87. The van der Waals surface area contributed by atoms with Crippen LogP contribution in [0.25, 0.3) is 11.4 Å². The van der Waals surface area contributed by atoms with Gasteiger partial charge in [-0.1, -0.05) is 115 Å². The average Bonchev–Trinajstić information content (AvgIpc) is 3.41. The van der Waals surface area contributed by atoms with Gasteiger partial charge in [-0.05, 0) is 65.2 Å². The van der Waals surface area contributed by atoms with Gasteiger partial charge < -0.3 is 9.13 Å². The van der Waals surface area contributed by atoms with Crippen molar-refractivity contribution in [1.82, 2.24) is 9.13 Å². The van der Waals surface area contributed by atoms with Crippen molar-refractivity contribution >= 4 is 22.8 Å². The normalized spacial score (nSPS) is 11.4. The van der Waals surface area contributed by atoms with Gasteiger partial charge in [-0.2, -0.15) is 0 Å². The smallest absolute Gasteiger partial charge is 0.129 e. The highest BCUT2D eigenvalue weighted by molar-refractivity contribution is 7.88. The first-order valence-corrected chi connectivity index (χ1v) is 14.8. The molecule has 38 heavy (non-hydrogen) atoms. The molecule has 0 aliphatic heterocycles. The predicted molar refractivity (Wildman–Crippen MR) is 163 cm³/mol. The number of hydrogen-bond acceptors (Lipinski definition) is 0. The molecule has 1 heterocycles. The minimum absolute atomic E-state index is 1.17. The van der Waals surface area contributed by atoms with Crippen molar-refractivity contribution < 1.29 is 0 Å². The lowest BCUT2D eigenvalue weighted by Crippen LogP contribution is -2.28. The minimum atomic E-state index is -2.37. The molecule has 2 nitrogen and oxygen atoms in total. The van der Waals surface area contributed by atoms with Gasteiger partial charge in [-0.3, -0.25) is 0 Å². The van der Waals surface area contributed by atoms with E-state index in [1.807, 2.05) is 0 Å². The van der Waals surface area contributed by atoms with Gasteiger partial charge in [0.1, 0.15) is 5.20 Å². The second-order valence-electron chi connectivity index (χ2n) is 9.69. The number of hydrogen-bond donors (Lipinski definition) is 0. The standard InChI is InChI=1S/C35H31N2P/c1-28-14-12-16-30(26-28)36-24-25-37(31-17-13-15-29(2)27-31)35(36)38(32-18-6-3-7-19-32,33-20-8-4-9-21-33)34-22-10-5-11-23-34/h3-27H,1-2H3. The number of benzene rings is 5. The fraction of sp³-hybridized carbons (Fsp3) is 0.0571. The zero-order valence-corrected chi connectivity index (χ0v) is 22.7. The Balaban J connectivity index is 1.96. The Morgan fingerprint density at radius 1 is 0.421 bits per heavy atom. The van der Waals surface area contributed by atoms with Crippen LogP contribution in [-0.2, 0) is 0 Å². The summed E-state index contributed by atoms with van der Waals surface area (Å²) in [5.74, 6) is 0. The van der Waals surface area contributed by atoms with Crippen LogP contribution in [0.15, 0.2) is 152 Å². The zero-order valence-electron chi connectivity index (χ0n) is 21.8. The summed E-state index contributed by atoms with van der Waals surface area (Å²) in [6, 6.07) is 50.8. The summed E-state index contributed by atoms with van der Waals surface area (Å²) in [6.07, 6.45) is 4.46. The second kappa shape index (κ2) is 10.2. The van der Waals surface area contributed by atoms with Crippen molar-refractivity contribution in [3.63, 3.8) is 0 Å². The first kappa shape index (κ1) is 24.1. The molecule has 0 aliphatic rings. The largest absolute Gasteiger partial charge is 0.301 e. The first-order chi connectivity index (χ1) is 18.7. The van der Waals surface area contributed by atoms with E-state index in [0.29, 0.717) is 0 Å². The van der Waals surface area contributed by atoms with Gasteiger partial charge in [-0.15, -0.1) is 0 Å². The van der Waals surface area contributed by atoms with E-state index in [9.17, 15) is 0 Å². The molecule has 6 aromatic rings. The van der Waals surface area contributed by atoms with Gasteiger partial charge in [0.2, 0.25) is 0 Å². The van der Waals surface area contributed by atoms with Crippen LogP contribution < -0.4 is 15.9 Å². The Morgan fingerprint density at radius 3 is 1.13 bits per heavy atom. The lowest BCUT2D eigenvalue weighted by atomic mass is 10.2. The Labute approximate surface area is 225 Å². The molecule has 0 spiro atoms. The topological polar surface area (TPSA) is 9.86 Å². The highest BCUT2D eigenvalue weighted by atomic mass is 31.2. The van der Waals surface area contributed by atoms with E-state index in [2.05, 4.69) is 175 Å². The molecule has 5 aromatic carbocycles. The van der Waals surface area contributed by atoms with Gasteiger partial charge in [0.25, 0.3) is 0 Å². The molecule has 0 saturated heterocycles. The summed E-state index contributed by atoms with van der Waals surface area (Å²) in [5, 5.41) is 5.24. The third-order valence-corrected chi connectivity index (χ3v) is 11.3. The molecule has 0 fully saturated rings. The van der Waals surface area contributed by atoms with Gasteiger partial charge in [-0.25, -0.2) is 0 Å². The number of aromatic nitrogens is 2. The van der Waals surface area contributed by atoms with Crippen LogP contribution in [0, 0.1) is 19.0 Å². The van der Waals surface area contributed by atoms with Gasteiger partial charge in [0, 0.05) is 30.7 Å². The molecule has 186 valence electrons. The molecule has 0 unspecified atom stereocenters. The number of nitrogens with zero attached hydrogens (tertiary/aromatic N) is 2. The van der Waals surface area contributed by atoms with E-state index in [1.165, 1.54) is 43.6 Å². The van der Waals surface area contributed by atoms with Crippen molar-refractivity contribution in [2.75, 3.05) is 0 Å². The third kappa shape index (κ3) is 4.18. The van der Waals surface area contributed by atoms with Crippen LogP contribution in [-0.4, -0.2) is 9.13 Å². The molecule has 3 heteroatoms. The summed E-state index contributed by atoms with van der Waals surface area (Å²) < 4.78 is 4.83. The van der Waals surface area contributed by atoms with Crippen molar-refractivity contribution in [3.05, 3.63) is 168 Å². The average molecular weight is 511 g/mol. The van der Waals surface area contributed by atoms with E-state index in [4.69, 9.17) is 0 Å². The van der Waals surface area contributed by atoms with Gasteiger partial charge in [0.05, 0.1) is 0 Å². The van der Waals surface area contributed by atoms with Crippen LogP contribution >= 0.6 is 6.89 Å². The van der Waals surface area contributed by atoms with Crippen LogP contribution in [0.5, 0.6) is 0 Å². The zero-order chi connectivity index (χ0) is 26.0. The summed E-state index contributed by atoms with van der Waals surface area (Å²) in [7, 11) is 0. The highest BCUT2D eigenvalue weighted by Gasteiger charge is 2.30. The minimum Gasteiger partial charge on any atom is -0.301 e. The van der Waals surface area contributed by atoms with Crippen molar-refractivity contribution in [3.8, 4) is 11.4 Å². The summed E-state index contributed by atoms with van der Waals surface area (Å²) in [6.45, 7) is 1.96. The maximum atomic E-state index is 2.41. The van der Waals surface area contributed by atoms with E-state index >= 15 is 0 Å². The Bertz CT molecular complexity index is 1610. The molecule has 0 atom stereocenters. The quantitative estimate of drug-likeness (QED) is 0.214. The van der Waals surface area contributed by atoms with Crippen LogP contribution in [0.3, 0.4) is 0 Å². The van der Waals surface area contributed by atoms with Gasteiger partial charge >= 0.3 is 0 Å². The Kier molecular flexibility index (Phi) is 6.50. The van der Waals surface area contributed by atoms with Crippen molar-refractivity contribution in [2.45, 2.75) is 13.8 Å². The molecule has 0 radical (unpaired) electrons. The molecule has 0 amide bonds. The summed E-state index contributed by atoms with van der Waals surface area (Å²) in [4.78, 5) is 0. The number of rotatable bonds is 5. The van der Waals surface area contributed by atoms with E-state index in [0.717, 1.165) is 0 Å². The van der Waals surface area contributed by atoms with Crippen LogP contribution in [0.2, 0.25) is 0 Å². The van der Waals surface area contributed by atoms with E-state index < -0.39 is 6.89 Å². The van der Waals surface area contributed by atoms with E-state index in [1.54, 1.807) is 0 Å². The van der Waals surface area contributed by atoms with Crippen molar-refractivity contribution in [1.29, 1.82) is 0 Å². The first-order valence-electron chi connectivity index (χ1n) is 13.0. The maximum absolute atomic E-state index is 2.41. The molecule has 0 saturated carbocycles. The van der Waals surface area contributed by atoms with Crippen LogP contribution in [0.1, 0.15) is 11.1 Å². The number of aryl methyl sites for hydroxylation is 2. The van der Waals surface area contributed by atoms with E-state index in [-0.39, 0.29) is 0 Å². The van der Waals surface area contributed by atoms with Crippen molar-refractivity contribution in [2.24, 2.45) is 0 Å². The molecule has 0 bridgehead atoms. The molecule has 6 rings (SSSR count). The predicted octanol–water partition coefficient (Wildman–Crippen LogP) is 7.41. The molecule has 0 aliphatic carbocycles. The maximum Gasteiger partial charge on any atom is 0.129 e.